The fourth-order valence-electron chi connectivity index (χ4n) is 1.96. The fourth-order valence-corrected chi connectivity index (χ4v) is 2.79. The Labute approximate surface area is 82.1 Å². The molecule has 0 atom stereocenters. The standard InChI is InChI=1S/C11H13Br/c12-11(8-4-5-9-11)10-6-2-1-3-7-10/h1-3,6-7H,4-5,8-9H2. The summed E-state index contributed by atoms with van der Waals surface area (Å²) in [7, 11) is 0. The van der Waals surface area contributed by atoms with Crippen molar-refractivity contribution >= 4 is 15.9 Å². The molecule has 12 heavy (non-hydrogen) atoms. The molecule has 1 saturated carbocycles. The van der Waals surface area contributed by atoms with Crippen molar-refractivity contribution in [2.75, 3.05) is 0 Å². The molecule has 1 aromatic carbocycles. The first-order valence-corrected chi connectivity index (χ1v) is 5.35. The molecule has 0 amide bonds. The molecule has 1 fully saturated rings. The van der Waals surface area contributed by atoms with Crippen molar-refractivity contribution in [2.24, 2.45) is 0 Å². The average Bonchev–Trinajstić information content (AvgIpc) is 2.55. The third-order valence-electron chi connectivity index (χ3n) is 2.69. The molecule has 0 N–H and O–H groups in total. The third kappa shape index (κ3) is 1.42. The lowest BCUT2D eigenvalue weighted by Crippen LogP contribution is -2.11. The van der Waals surface area contributed by atoms with Gasteiger partial charge in [0.1, 0.15) is 0 Å². The highest BCUT2D eigenvalue weighted by Crippen LogP contribution is 2.45. The number of halogens is 1. The topological polar surface area (TPSA) is 0 Å². The van der Waals surface area contributed by atoms with Crippen LogP contribution in [0.3, 0.4) is 0 Å². The van der Waals surface area contributed by atoms with E-state index in [1.807, 2.05) is 0 Å². The molecule has 0 spiro atoms. The van der Waals surface area contributed by atoms with E-state index >= 15 is 0 Å². The van der Waals surface area contributed by atoms with Crippen LogP contribution < -0.4 is 0 Å². The predicted molar refractivity (Wildman–Crippen MR) is 55.5 cm³/mol. The molecule has 0 nitrogen and oxygen atoms in total. The van der Waals surface area contributed by atoms with Crippen molar-refractivity contribution in [3.63, 3.8) is 0 Å². The van der Waals surface area contributed by atoms with Crippen molar-refractivity contribution in [3.05, 3.63) is 35.9 Å². The van der Waals surface area contributed by atoms with Gasteiger partial charge in [-0.25, -0.2) is 0 Å². The highest BCUT2D eigenvalue weighted by atomic mass is 79.9. The van der Waals surface area contributed by atoms with Gasteiger partial charge in [-0.2, -0.15) is 0 Å². The minimum atomic E-state index is 0.300. The summed E-state index contributed by atoms with van der Waals surface area (Å²) in [5.41, 5.74) is 1.45. The molecule has 0 aromatic heterocycles. The number of rotatable bonds is 1. The van der Waals surface area contributed by atoms with Gasteiger partial charge in [-0.15, -0.1) is 0 Å². The lowest BCUT2D eigenvalue weighted by atomic mass is 9.98. The van der Waals surface area contributed by atoms with Gasteiger partial charge in [-0.05, 0) is 18.4 Å². The van der Waals surface area contributed by atoms with Gasteiger partial charge in [0.25, 0.3) is 0 Å². The molecule has 2 rings (SSSR count). The minimum absolute atomic E-state index is 0.300. The monoisotopic (exact) mass is 224 g/mol. The number of hydrogen-bond donors (Lipinski definition) is 0. The smallest absolute Gasteiger partial charge is 0.0506 e. The van der Waals surface area contributed by atoms with Crippen LogP contribution in [-0.2, 0) is 4.32 Å². The lowest BCUT2D eigenvalue weighted by Gasteiger charge is -2.21. The average molecular weight is 225 g/mol. The maximum atomic E-state index is 3.85. The molecule has 64 valence electrons. The predicted octanol–water partition coefficient (Wildman–Crippen LogP) is 3.85. The van der Waals surface area contributed by atoms with Crippen molar-refractivity contribution in [1.29, 1.82) is 0 Å². The molecular formula is C11H13Br. The Morgan fingerprint density at radius 2 is 1.58 bits per heavy atom. The van der Waals surface area contributed by atoms with Crippen LogP contribution in [0.15, 0.2) is 30.3 Å². The van der Waals surface area contributed by atoms with Crippen LogP contribution in [-0.4, -0.2) is 0 Å². The largest absolute Gasteiger partial charge is 0.0801 e. The van der Waals surface area contributed by atoms with Crippen LogP contribution in [0.1, 0.15) is 31.2 Å². The van der Waals surface area contributed by atoms with Gasteiger partial charge in [-0.3, -0.25) is 0 Å². The molecule has 0 radical (unpaired) electrons. The molecule has 1 aliphatic carbocycles. The molecule has 0 aliphatic heterocycles. The Hall–Kier alpha value is -0.300. The first-order valence-electron chi connectivity index (χ1n) is 4.56. The second kappa shape index (κ2) is 3.21. The van der Waals surface area contributed by atoms with Gasteiger partial charge >= 0.3 is 0 Å². The Kier molecular flexibility index (Phi) is 2.22. The Morgan fingerprint density at radius 1 is 1.00 bits per heavy atom. The summed E-state index contributed by atoms with van der Waals surface area (Å²) in [6.45, 7) is 0. The van der Waals surface area contributed by atoms with E-state index in [4.69, 9.17) is 0 Å². The summed E-state index contributed by atoms with van der Waals surface area (Å²) in [6, 6.07) is 10.8. The fraction of sp³-hybridized carbons (Fsp3) is 0.455. The second-order valence-electron chi connectivity index (χ2n) is 3.54. The van der Waals surface area contributed by atoms with Crippen LogP contribution in [0, 0.1) is 0 Å². The highest BCUT2D eigenvalue weighted by molar-refractivity contribution is 9.09. The minimum Gasteiger partial charge on any atom is -0.0801 e. The van der Waals surface area contributed by atoms with E-state index in [2.05, 4.69) is 46.3 Å². The van der Waals surface area contributed by atoms with E-state index in [1.165, 1.54) is 31.2 Å². The summed E-state index contributed by atoms with van der Waals surface area (Å²) < 4.78 is 0.300. The van der Waals surface area contributed by atoms with Gasteiger partial charge in [0.05, 0.1) is 4.32 Å². The molecule has 0 heterocycles. The maximum Gasteiger partial charge on any atom is 0.0506 e. The van der Waals surface area contributed by atoms with E-state index < -0.39 is 0 Å². The molecule has 0 saturated heterocycles. The van der Waals surface area contributed by atoms with Gasteiger partial charge in [-0.1, -0.05) is 59.1 Å². The van der Waals surface area contributed by atoms with E-state index in [0.29, 0.717) is 4.32 Å². The Bertz CT molecular complexity index is 247. The Morgan fingerprint density at radius 3 is 2.17 bits per heavy atom. The van der Waals surface area contributed by atoms with E-state index in [0.717, 1.165) is 0 Å². The first-order chi connectivity index (χ1) is 5.81. The van der Waals surface area contributed by atoms with Crippen LogP contribution in [0.2, 0.25) is 0 Å². The molecular weight excluding hydrogens is 212 g/mol. The van der Waals surface area contributed by atoms with Gasteiger partial charge < -0.3 is 0 Å². The molecule has 1 aliphatic rings. The van der Waals surface area contributed by atoms with Crippen molar-refractivity contribution in [1.82, 2.24) is 0 Å². The summed E-state index contributed by atoms with van der Waals surface area (Å²) >= 11 is 3.85. The number of benzene rings is 1. The zero-order valence-electron chi connectivity index (χ0n) is 7.09. The van der Waals surface area contributed by atoms with Crippen molar-refractivity contribution in [3.8, 4) is 0 Å². The zero-order chi connectivity index (χ0) is 8.44. The molecule has 0 bridgehead atoms. The molecule has 0 unspecified atom stereocenters. The van der Waals surface area contributed by atoms with Gasteiger partial charge in [0, 0.05) is 0 Å². The Balaban J connectivity index is 2.29. The summed E-state index contributed by atoms with van der Waals surface area (Å²) in [4.78, 5) is 0. The van der Waals surface area contributed by atoms with Crippen LogP contribution in [0.25, 0.3) is 0 Å². The summed E-state index contributed by atoms with van der Waals surface area (Å²) in [6.07, 6.45) is 5.30. The summed E-state index contributed by atoms with van der Waals surface area (Å²) in [5, 5.41) is 0. The highest BCUT2D eigenvalue weighted by Gasteiger charge is 2.31. The van der Waals surface area contributed by atoms with E-state index in [-0.39, 0.29) is 0 Å². The third-order valence-corrected chi connectivity index (χ3v) is 3.94. The quantitative estimate of drug-likeness (QED) is 0.637. The van der Waals surface area contributed by atoms with E-state index in [1.54, 1.807) is 0 Å². The van der Waals surface area contributed by atoms with E-state index in [9.17, 15) is 0 Å². The van der Waals surface area contributed by atoms with Crippen molar-refractivity contribution in [2.45, 2.75) is 30.0 Å². The molecule has 1 heteroatoms. The number of alkyl halides is 1. The van der Waals surface area contributed by atoms with Gasteiger partial charge in [0.15, 0.2) is 0 Å². The van der Waals surface area contributed by atoms with Crippen LogP contribution in [0.5, 0.6) is 0 Å². The van der Waals surface area contributed by atoms with Crippen LogP contribution >= 0.6 is 15.9 Å². The first kappa shape index (κ1) is 8.31. The molecule has 1 aromatic rings. The van der Waals surface area contributed by atoms with Gasteiger partial charge in [0.2, 0.25) is 0 Å². The second-order valence-corrected chi connectivity index (χ2v) is 5.06. The normalized spacial score (nSPS) is 21.1. The zero-order valence-corrected chi connectivity index (χ0v) is 8.68. The van der Waals surface area contributed by atoms with Crippen molar-refractivity contribution < 1.29 is 0 Å². The SMILES string of the molecule is BrC1(c2ccccc2)CCCC1. The summed E-state index contributed by atoms with van der Waals surface area (Å²) in [5.74, 6) is 0. The maximum absolute atomic E-state index is 3.85. The van der Waals surface area contributed by atoms with Crippen LogP contribution in [0.4, 0.5) is 0 Å². The number of hydrogen-bond acceptors (Lipinski definition) is 0. The lowest BCUT2D eigenvalue weighted by molar-refractivity contribution is 0.669.